The minimum Gasteiger partial charge on any atom is -0.324 e. The molecule has 19 heavy (non-hydrogen) atoms. The van der Waals surface area contributed by atoms with Crippen molar-refractivity contribution in [1.29, 1.82) is 0 Å². The van der Waals surface area contributed by atoms with Gasteiger partial charge in [0, 0.05) is 23.7 Å². The Hall–Kier alpha value is -1.68. The molecule has 0 spiro atoms. The fourth-order valence-electron chi connectivity index (χ4n) is 2.50. The van der Waals surface area contributed by atoms with Crippen LogP contribution in [0.1, 0.15) is 25.2 Å². The molecular weight excluding hydrogens is 260 g/mol. The third-order valence-electron chi connectivity index (χ3n) is 3.39. The zero-order chi connectivity index (χ0) is 13.6. The van der Waals surface area contributed by atoms with Crippen molar-refractivity contribution in [1.82, 2.24) is 15.0 Å². The van der Waals surface area contributed by atoms with Gasteiger partial charge in [0.25, 0.3) is 0 Å². The molecule has 0 aliphatic carbocycles. The Kier molecular flexibility index (Phi) is 2.71. The summed E-state index contributed by atoms with van der Waals surface area (Å²) < 4.78 is 0. The van der Waals surface area contributed by atoms with Crippen molar-refractivity contribution in [3.8, 4) is 0 Å². The van der Waals surface area contributed by atoms with Gasteiger partial charge in [-0.1, -0.05) is 25.4 Å². The average Bonchev–Trinajstić information content (AvgIpc) is 2.61. The summed E-state index contributed by atoms with van der Waals surface area (Å²) in [7, 11) is 0. The number of halogens is 1. The molecule has 0 fully saturated rings. The number of anilines is 2. The first-order valence-corrected chi connectivity index (χ1v) is 6.58. The number of pyridine rings is 1. The molecule has 0 unspecified atom stereocenters. The highest BCUT2D eigenvalue weighted by molar-refractivity contribution is 6.29. The van der Waals surface area contributed by atoms with Gasteiger partial charge in [-0.25, -0.2) is 9.97 Å². The van der Waals surface area contributed by atoms with E-state index in [9.17, 15) is 0 Å². The van der Waals surface area contributed by atoms with E-state index < -0.39 is 0 Å². The van der Waals surface area contributed by atoms with Crippen LogP contribution in [-0.2, 0) is 5.41 Å². The van der Waals surface area contributed by atoms with Crippen LogP contribution in [0.4, 0.5) is 11.5 Å². The van der Waals surface area contributed by atoms with Gasteiger partial charge in [-0.05, 0) is 19.1 Å². The summed E-state index contributed by atoms with van der Waals surface area (Å²) in [4.78, 5) is 15.1. The molecule has 4 nitrogen and oxygen atoms in total. The molecule has 3 heterocycles. The molecule has 0 radical (unpaired) electrons. The maximum Gasteiger partial charge on any atom is 0.137 e. The summed E-state index contributed by atoms with van der Waals surface area (Å²) in [5.74, 6) is 0.817. The van der Waals surface area contributed by atoms with Crippen molar-refractivity contribution < 1.29 is 0 Å². The highest BCUT2D eigenvalue weighted by Gasteiger charge is 2.37. The highest BCUT2D eigenvalue weighted by Crippen LogP contribution is 2.42. The molecule has 1 aliphatic heterocycles. The lowest BCUT2D eigenvalue weighted by atomic mass is 9.91. The number of aryl methyl sites for hydroxylation is 1. The predicted octanol–water partition coefficient (Wildman–Crippen LogP) is 3.26. The topological polar surface area (TPSA) is 41.9 Å². The van der Waals surface area contributed by atoms with Gasteiger partial charge < -0.3 is 4.90 Å². The SMILES string of the molecule is Cc1ccc2c(n1)C(C)(C)CN2c1cc(Cl)ncn1. The van der Waals surface area contributed by atoms with Gasteiger partial charge in [-0.3, -0.25) is 4.98 Å². The van der Waals surface area contributed by atoms with Gasteiger partial charge in [0.05, 0.1) is 11.4 Å². The van der Waals surface area contributed by atoms with Crippen LogP contribution in [0.2, 0.25) is 5.15 Å². The molecule has 0 aromatic carbocycles. The third kappa shape index (κ3) is 2.06. The zero-order valence-corrected chi connectivity index (χ0v) is 11.9. The van der Waals surface area contributed by atoms with Crippen LogP contribution in [0.25, 0.3) is 0 Å². The molecule has 3 rings (SSSR count). The van der Waals surface area contributed by atoms with Crippen molar-refractivity contribution in [2.24, 2.45) is 0 Å². The minimum absolute atomic E-state index is 0.00121. The second kappa shape index (κ2) is 4.17. The van der Waals surface area contributed by atoms with Gasteiger partial charge in [-0.2, -0.15) is 0 Å². The van der Waals surface area contributed by atoms with Crippen LogP contribution >= 0.6 is 11.6 Å². The number of aromatic nitrogens is 3. The summed E-state index contributed by atoms with van der Waals surface area (Å²) in [5, 5.41) is 0.455. The summed E-state index contributed by atoms with van der Waals surface area (Å²) in [6.07, 6.45) is 1.49. The van der Waals surface area contributed by atoms with Crippen LogP contribution in [0.3, 0.4) is 0 Å². The Bertz CT molecular complexity index is 639. The maximum atomic E-state index is 5.95. The quantitative estimate of drug-likeness (QED) is 0.749. The van der Waals surface area contributed by atoms with Gasteiger partial charge in [0.15, 0.2) is 0 Å². The molecule has 0 saturated carbocycles. The molecule has 0 bridgehead atoms. The summed E-state index contributed by atoms with van der Waals surface area (Å²) in [5.41, 5.74) is 3.25. The number of fused-ring (bicyclic) bond motifs is 1. The summed E-state index contributed by atoms with van der Waals surface area (Å²) in [6, 6.07) is 5.91. The molecule has 5 heteroatoms. The maximum absolute atomic E-state index is 5.95. The second-order valence-corrected chi connectivity index (χ2v) is 5.88. The van der Waals surface area contributed by atoms with Crippen molar-refractivity contribution in [2.45, 2.75) is 26.2 Å². The Morgan fingerprint density at radius 2 is 2.05 bits per heavy atom. The zero-order valence-electron chi connectivity index (χ0n) is 11.2. The predicted molar refractivity (Wildman–Crippen MR) is 76.0 cm³/mol. The summed E-state index contributed by atoms with van der Waals surface area (Å²) >= 11 is 5.95. The molecule has 2 aromatic rings. The Labute approximate surface area is 117 Å². The fourth-order valence-corrected chi connectivity index (χ4v) is 2.64. The average molecular weight is 275 g/mol. The Morgan fingerprint density at radius 3 is 2.79 bits per heavy atom. The second-order valence-electron chi connectivity index (χ2n) is 5.49. The molecule has 1 aliphatic rings. The van der Waals surface area contributed by atoms with E-state index in [2.05, 4.69) is 39.8 Å². The van der Waals surface area contributed by atoms with Crippen LogP contribution in [0, 0.1) is 6.92 Å². The van der Waals surface area contributed by atoms with E-state index in [0.29, 0.717) is 5.15 Å². The van der Waals surface area contributed by atoms with E-state index >= 15 is 0 Å². The summed E-state index contributed by atoms with van der Waals surface area (Å²) in [6.45, 7) is 7.24. The first-order chi connectivity index (χ1) is 8.97. The highest BCUT2D eigenvalue weighted by atomic mass is 35.5. The molecule has 0 atom stereocenters. The van der Waals surface area contributed by atoms with Crippen LogP contribution in [0.15, 0.2) is 24.5 Å². The Balaban J connectivity index is 2.13. The van der Waals surface area contributed by atoms with Gasteiger partial charge in [0.1, 0.15) is 17.3 Å². The van der Waals surface area contributed by atoms with Crippen molar-refractivity contribution >= 4 is 23.1 Å². The van der Waals surface area contributed by atoms with E-state index in [0.717, 1.165) is 29.4 Å². The largest absolute Gasteiger partial charge is 0.324 e. The van der Waals surface area contributed by atoms with E-state index in [1.54, 1.807) is 6.07 Å². The fraction of sp³-hybridized carbons (Fsp3) is 0.357. The number of rotatable bonds is 1. The van der Waals surface area contributed by atoms with E-state index in [4.69, 9.17) is 11.6 Å². The van der Waals surface area contributed by atoms with Crippen LogP contribution in [-0.4, -0.2) is 21.5 Å². The van der Waals surface area contributed by atoms with Gasteiger partial charge in [-0.15, -0.1) is 0 Å². The lowest BCUT2D eigenvalue weighted by Gasteiger charge is -2.20. The van der Waals surface area contributed by atoms with E-state index in [1.165, 1.54) is 6.33 Å². The molecule has 0 amide bonds. The first-order valence-electron chi connectivity index (χ1n) is 6.20. The normalized spacial score (nSPS) is 16.5. The molecule has 0 N–H and O–H groups in total. The number of hydrogen-bond acceptors (Lipinski definition) is 4. The van der Waals surface area contributed by atoms with E-state index in [1.807, 2.05) is 13.0 Å². The lowest BCUT2D eigenvalue weighted by molar-refractivity contribution is 0.551. The van der Waals surface area contributed by atoms with Crippen LogP contribution < -0.4 is 4.90 Å². The standard InChI is InChI=1S/C14H15ClN4/c1-9-4-5-10-13(18-9)14(2,3)7-19(10)12-6-11(15)16-8-17-12/h4-6,8H,7H2,1-3H3. The molecule has 98 valence electrons. The molecule has 2 aromatic heterocycles. The Morgan fingerprint density at radius 1 is 1.26 bits per heavy atom. The first kappa shape index (κ1) is 12.4. The van der Waals surface area contributed by atoms with Crippen molar-refractivity contribution in [3.63, 3.8) is 0 Å². The van der Waals surface area contributed by atoms with Crippen molar-refractivity contribution in [2.75, 3.05) is 11.4 Å². The molecular formula is C14H15ClN4. The van der Waals surface area contributed by atoms with Crippen molar-refractivity contribution in [3.05, 3.63) is 41.1 Å². The third-order valence-corrected chi connectivity index (χ3v) is 3.60. The van der Waals surface area contributed by atoms with Crippen LogP contribution in [0.5, 0.6) is 0 Å². The smallest absolute Gasteiger partial charge is 0.137 e. The lowest BCUT2D eigenvalue weighted by Crippen LogP contribution is -2.26. The van der Waals surface area contributed by atoms with E-state index in [-0.39, 0.29) is 5.41 Å². The van der Waals surface area contributed by atoms with Gasteiger partial charge >= 0.3 is 0 Å². The minimum atomic E-state index is -0.00121. The monoisotopic (exact) mass is 274 g/mol. The number of nitrogens with zero attached hydrogens (tertiary/aromatic N) is 4. The molecule has 0 saturated heterocycles. The number of hydrogen-bond donors (Lipinski definition) is 0. The van der Waals surface area contributed by atoms with Gasteiger partial charge in [0.2, 0.25) is 0 Å².